The third-order valence-corrected chi connectivity index (χ3v) is 4.81. The van der Waals surface area contributed by atoms with Gasteiger partial charge in [0.25, 0.3) is 0 Å². The van der Waals surface area contributed by atoms with Crippen LogP contribution in [-0.2, 0) is 4.79 Å². The number of thioether (sulfide) groups is 1. The molecule has 2 nitrogen and oxygen atoms in total. The predicted molar refractivity (Wildman–Crippen MR) is 86.8 cm³/mol. The van der Waals surface area contributed by atoms with Crippen molar-refractivity contribution in [1.82, 2.24) is 0 Å². The van der Waals surface area contributed by atoms with E-state index in [-0.39, 0.29) is 11.6 Å². The van der Waals surface area contributed by atoms with E-state index in [4.69, 9.17) is 23.2 Å². The van der Waals surface area contributed by atoms with Gasteiger partial charge in [-0.25, -0.2) is 4.39 Å². The molecule has 0 aromatic heterocycles. The smallest absolute Gasteiger partial charge is 0.237 e. The van der Waals surface area contributed by atoms with Gasteiger partial charge in [0.05, 0.1) is 21.0 Å². The van der Waals surface area contributed by atoms with Crippen molar-refractivity contribution in [2.24, 2.45) is 0 Å². The Morgan fingerprint density at radius 1 is 1.14 bits per heavy atom. The minimum atomic E-state index is -0.473. The van der Waals surface area contributed by atoms with Crippen molar-refractivity contribution in [1.29, 1.82) is 0 Å². The molecule has 0 heterocycles. The Morgan fingerprint density at radius 3 is 2.38 bits per heavy atom. The van der Waals surface area contributed by atoms with Crippen molar-refractivity contribution >= 4 is 46.6 Å². The number of amides is 1. The minimum Gasteiger partial charge on any atom is -0.323 e. The normalized spacial score (nSPS) is 12.0. The van der Waals surface area contributed by atoms with E-state index in [1.54, 1.807) is 37.3 Å². The molecule has 0 fully saturated rings. The number of carbonyl (C=O) groups excluding carboxylic acids is 1. The highest BCUT2D eigenvalue weighted by Gasteiger charge is 2.18. The Morgan fingerprint density at radius 2 is 1.76 bits per heavy atom. The van der Waals surface area contributed by atoms with Gasteiger partial charge in [0.2, 0.25) is 5.91 Å². The second kappa shape index (κ2) is 7.16. The lowest BCUT2D eigenvalue weighted by molar-refractivity contribution is -0.115. The fourth-order valence-corrected chi connectivity index (χ4v) is 3.17. The Labute approximate surface area is 136 Å². The largest absolute Gasteiger partial charge is 0.323 e. The van der Waals surface area contributed by atoms with Crippen molar-refractivity contribution in [2.45, 2.75) is 17.1 Å². The zero-order valence-corrected chi connectivity index (χ0v) is 13.4. The predicted octanol–water partition coefficient (Wildman–Crippen LogP) is 5.25. The van der Waals surface area contributed by atoms with Crippen LogP contribution in [0.4, 0.5) is 10.1 Å². The molecular formula is C15H12Cl2FNOS. The number of halogens is 3. The lowest BCUT2D eigenvalue weighted by Crippen LogP contribution is -2.23. The summed E-state index contributed by atoms with van der Waals surface area (Å²) < 4.78 is 13.5. The minimum absolute atomic E-state index is 0.153. The van der Waals surface area contributed by atoms with Crippen molar-refractivity contribution in [2.75, 3.05) is 5.32 Å². The summed E-state index contributed by atoms with van der Waals surface area (Å²) in [5.41, 5.74) is 0.153. The topological polar surface area (TPSA) is 29.1 Å². The quantitative estimate of drug-likeness (QED) is 0.768. The number of benzene rings is 2. The summed E-state index contributed by atoms with van der Waals surface area (Å²) in [5, 5.41) is 3.05. The van der Waals surface area contributed by atoms with E-state index >= 15 is 0 Å². The standard InChI is InChI=1S/C15H12Cl2FNOS/c1-9(21-14-10(16)5-4-6-11(14)17)15(20)19-13-8-3-2-7-12(13)18/h2-9H,1H3,(H,19,20)/t9-/m0/s1. The van der Waals surface area contributed by atoms with Crippen LogP contribution in [0.15, 0.2) is 47.4 Å². The first-order chi connectivity index (χ1) is 9.99. The molecule has 0 radical (unpaired) electrons. The van der Waals surface area contributed by atoms with Gasteiger partial charge in [-0.3, -0.25) is 4.79 Å². The Kier molecular flexibility index (Phi) is 5.51. The van der Waals surface area contributed by atoms with Gasteiger partial charge in [0.15, 0.2) is 0 Å². The number of anilines is 1. The van der Waals surface area contributed by atoms with Crippen molar-refractivity contribution in [3.63, 3.8) is 0 Å². The molecule has 21 heavy (non-hydrogen) atoms. The van der Waals surface area contributed by atoms with Gasteiger partial charge in [0.1, 0.15) is 5.82 Å². The SMILES string of the molecule is C[C@H](Sc1c(Cl)cccc1Cl)C(=O)Nc1ccccc1F. The van der Waals surface area contributed by atoms with Gasteiger partial charge >= 0.3 is 0 Å². The van der Waals surface area contributed by atoms with Crippen LogP contribution >= 0.6 is 35.0 Å². The van der Waals surface area contributed by atoms with E-state index in [0.717, 1.165) is 0 Å². The van der Waals surface area contributed by atoms with Gasteiger partial charge in [-0.2, -0.15) is 0 Å². The highest BCUT2D eigenvalue weighted by Crippen LogP contribution is 2.36. The molecule has 0 unspecified atom stereocenters. The molecule has 110 valence electrons. The van der Waals surface area contributed by atoms with Crippen LogP contribution in [0.1, 0.15) is 6.92 Å². The molecule has 2 aromatic rings. The summed E-state index contributed by atoms with van der Waals surface area (Å²) in [7, 11) is 0. The Hall–Kier alpha value is -1.23. The average Bonchev–Trinajstić information content (AvgIpc) is 2.45. The van der Waals surface area contributed by atoms with E-state index in [1.807, 2.05) is 0 Å². The molecule has 0 saturated heterocycles. The second-order valence-corrected chi connectivity index (χ2v) is 6.45. The molecule has 0 saturated carbocycles. The van der Waals surface area contributed by atoms with Crippen LogP contribution in [-0.4, -0.2) is 11.2 Å². The first-order valence-electron chi connectivity index (χ1n) is 6.15. The number of para-hydroxylation sites is 1. The van der Waals surface area contributed by atoms with Gasteiger partial charge in [-0.05, 0) is 31.2 Å². The van der Waals surface area contributed by atoms with Crippen LogP contribution in [0.25, 0.3) is 0 Å². The number of hydrogen-bond donors (Lipinski definition) is 1. The summed E-state index contributed by atoms with van der Waals surface area (Å²) in [4.78, 5) is 12.7. The maximum Gasteiger partial charge on any atom is 0.237 e. The van der Waals surface area contributed by atoms with Crippen LogP contribution in [0.5, 0.6) is 0 Å². The molecule has 2 rings (SSSR count). The molecule has 0 bridgehead atoms. The summed E-state index contributed by atoms with van der Waals surface area (Å²) in [6.07, 6.45) is 0. The van der Waals surface area contributed by atoms with Gasteiger partial charge in [0, 0.05) is 4.90 Å². The van der Waals surface area contributed by atoms with E-state index in [1.165, 1.54) is 23.9 Å². The van der Waals surface area contributed by atoms with Crippen LogP contribution in [0, 0.1) is 5.82 Å². The Bertz CT molecular complexity index is 646. The highest BCUT2D eigenvalue weighted by molar-refractivity contribution is 8.00. The monoisotopic (exact) mass is 343 g/mol. The number of rotatable bonds is 4. The summed E-state index contributed by atoms with van der Waals surface area (Å²) in [6, 6.07) is 11.2. The molecule has 0 aliphatic heterocycles. The van der Waals surface area contributed by atoms with E-state index in [2.05, 4.69) is 5.32 Å². The van der Waals surface area contributed by atoms with Crippen LogP contribution < -0.4 is 5.32 Å². The van der Waals surface area contributed by atoms with E-state index in [9.17, 15) is 9.18 Å². The first-order valence-corrected chi connectivity index (χ1v) is 7.78. The van der Waals surface area contributed by atoms with Gasteiger partial charge in [-0.1, -0.05) is 41.4 Å². The molecule has 1 atom stereocenters. The van der Waals surface area contributed by atoms with Gasteiger partial charge in [-0.15, -0.1) is 11.8 Å². The number of nitrogens with one attached hydrogen (secondary N) is 1. The zero-order chi connectivity index (χ0) is 15.4. The lowest BCUT2D eigenvalue weighted by Gasteiger charge is -2.14. The molecule has 2 aromatic carbocycles. The molecular weight excluding hydrogens is 332 g/mol. The first kappa shape index (κ1) is 16.1. The molecule has 6 heteroatoms. The third-order valence-electron chi connectivity index (χ3n) is 2.71. The van der Waals surface area contributed by atoms with Gasteiger partial charge < -0.3 is 5.32 Å². The summed E-state index contributed by atoms with van der Waals surface area (Å²) >= 11 is 13.4. The fourth-order valence-electron chi connectivity index (χ4n) is 1.62. The molecule has 1 amide bonds. The van der Waals surface area contributed by atoms with E-state index < -0.39 is 11.1 Å². The highest BCUT2D eigenvalue weighted by atomic mass is 35.5. The zero-order valence-electron chi connectivity index (χ0n) is 11.1. The maximum absolute atomic E-state index is 13.5. The summed E-state index contributed by atoms with van der Waals surface area (Å²) in [6.45, 7) is 1.71. The molecule has 0 spiro atoms. The maximum atomic E-state index is 13.5. The number of hydrogen-bond acceptors (Lipinski definition) is 2. The summed E-state index contributed by atoms with van der Waals surface area (Å²) in [5.74, 6) is -0.792. The van der Waals surface area contributed by atoms with Crippen LogP contribution in [0.2, 0.25) is 10.0 Å². The lowest BCUT2D eigenvalue weighted by atomic mass is 10.3. The fraction of sp³-hybridized carbons (Fsp3) is 0.133. The second-order valence-electron chi connectivity index (χ2n) is 4.28. The van der Waals surface area contributed by atoms with Crippen LogP contribution in [0.3, 0.4) is 0 Å². The number of carbonyl (C=O) groups is 1. The van der Waals surface area contributed by atoms with Crippen molar-refractivity contribution in [3.8, 4) is 0 Å². The molecule has 0 aliphatic rings. The van der Waals surface area contributed by atoms with Crippen molar-refractivity contribution in [3.05, 3.63) is 58.3 Å². The third kappa shape index (κ3) is 4.13. The molecule has 1 N–H and O–H groups in total. The average molecular weight is 344 g/mol. The Balaban J connectivity index is 2.08. The van der Waals surface area contributed by atoms with E-state index in [0.29, 0.717) is 14.9 Å². The molecule has 0 aliphatic carbocycles. The van der Waals surface area contributed by atoms with Crippen molar-refractivity contribution < 1.29 is 9.18 Å².